The van der Waals surface area contributed by atoms with Gasteiger partial charge in [0.05, 0.1) is 0 Å². The van der Waals surface area contributed by atoms with Crippen molar-refractivity contribution in [2.24, 2.45) is 0 Å². The molecule has 17 heavy (non-hydrogen) atoms. The van der Waals surface area contributed by atoms with Gasteiger partial charge in [0.1, 0.15) is 0 Å². The molecule has 1 aromatic heterocycles. The van der Waals surface area contributed by atoms with Gasteiger partial charge in [0, 0.05) is 28.4 Å². The maximum absolute atomic E-state index is 3.44. The van der Waals surface area contributed by atoms with Crippen LogP contribution in [-0.2, 0) is 6.54 Å². The lowest BCUT2D eigenvalue weighted by Gasteiger charge is -2.02. The lowest BCUT2D eigenvalue weighted by atomic mass is 10.1. The zero-order valence-electron chi connectivity index (χ0n) is 9.96. The molecule has 0 atom stereocenters. The molecular formula is C15H16N2. The van der Waals surface area contributed by atoms with E-state index in [9.17, 15) is 0 Å². The molecule has 0 saturated heterocycles. The molecule has 2 heteroatoms. The van der Waals surface area contributed by atoms with Gasteiger partial charge in [-0.25, -0.2) is 0 Å². The van der Waals surface area contributed by atoms with E-state index in [0.29, 0.717) is 0 Å². The fourth-order valence-corrected chi connectivity index (χ4v) is 2.27. The molecule has 0 aliphatic heterocycles. The summed E-state index contributed by atoms with van der Waals surface area (Å²) in [6.07, 6.45) is 0. The number of fused-ring (bicyclic) bond motifs is 3. The minimum atomic E-state index is 0.936. The van der Waals surface area contributed by atoms with Crippen molar-refractivity contribution in [1.29, 1.82) is 0 Å². The van der Waals surface area contributed by atoms with Crippen LogP contribution >= 0.6 is 0 Å². The van der Waals surface area contributed by atoms with Crippen LogP contribution in [0.2, 0.25) is 0 Å². The van der Waals surface area contributed by atoms with Crippen LogP contribution < -0.4 is 5.32 Å². The summed E-state index contributed by atoms with van der Waals surface area (Å²) in [6, 6.07) is 15.1. The highest BCUT2D eigenvalue weighted by molar-refractivity contribution is 6.07. The number of nitrogens with one attached hydrogen (secondary N) is 2. The number of benzene rings is 2. The highest BCUT2D eigenvalue weighted by Crippen LogP contribution is 2.25. The van der Waals surface area contributed by atoms with Crippen molar-refractivity contribution >= 4 is 21.8 Å². The second kappa shape index (κ2) is 4.22. The van der Waals surface area contributed by atoms with Gasteiger partial charge in [-0.2, -0.15) is 0 Å². The molecule has 1 heterocycles. The third-order valence-corrected chi connectivity index (χ3v) is 3.15. The van der Waals surface area contributed by atoms with Crippen LogP contribution in [-0.4, -0.2) is 11.5 Å². The largest absolute Gasteiger partial charge is 0.355 e. The topological polar surface area (TPSA) is 27.8 Å². The van der Waals surface area contributed by atoms with E-state index in [4.69, 9.17) is 0 Å². The van der Waals surface area contributed by atoms with Crippen LogP contribution in [0.1, 0.15) is 12.5 Å². The van der Waals surface area contributed by atoms with E-state index in [-0.39, 0.29) is 0 Å². The fraction of sp³-hybridized carbons (Fsp3) is 0.200. The Morgan fingerprint density at radius 1 is 1.00 bits per heavy atom. The summed E-state index contributed by atoms with van der Waals surface area (Å²) < 4.78 is 0. The van der Waals surface area contributed by atoms with Gasteiger partial charge in [-0.1, -0.05) is 31.2 Å². The first-order valence-electron chi connectivity index (χ1n) is 6.08. The number of aromatic amines is 1. The van der Waals surface area contributed by atoms with E-state index >= 15 is 0 Å². The van der Waals surface area contributed by atoms with Gasteiger partial charge in [0.15, 0.2) is 0 Å². The zero-order valence-corrected chi connectivity index (χ0v) is 9.96. The summed E-state index contributed by atoms with van der Waals surface area (Å²) in [7, 11) is 0. The summed E-state index contributed by atoms with van der Waals surface area (Å²) in [4.78, 5) is 3.44. The number of H-pyrrole nitrogens is 1. The summed E-state index contributed by atoms with van der Waals surface area (Å²) in [5, 5.41) is 5.98. The van der Waals surface area contributed by atoms with Gasteiger partial charge in [-0.05, 0) is 30.3 Å². The monoisotopic (exact) mass is 224 g/mol. The van der Waals surface area contributed by atoms with Gasteiger partial charge < -0.3 is 10.3 Å². The highest BCUT2D eigenvalue weighted by atomic mass is 14.8. The summed E-state index contributed by atoms with van der Waals surface area (Å²) in [5.74, 6) is 0. The van der Waals surface area contributed by atoms with E-state index in [1.165, 1.54) is 27.4 Å². The number of para-hydroxylation sites is 1. The molecule has 0 radical (unpaired) electrons. The number of hydrogen-bond acceptors (Lipinski definition) is 1. The molecule has 2 aromatic carbocycles. The van der Waals surface area contributed by atoms with Gasteiger partial charge >= 0.3 is 0 Å². The Bertz CT molecular complexity index is 652. The number of aromatic nitrogens is 1. The van der Waals surface area contributed by atoms with Crippen LogP contribution in [0, 0.1) is 0 Å². The maximum atomic E-state index is 3.44. The van der Waals surface area contributed by atoms with Crippen LogP contribution in [0.5, 0.6) is 0 Å². The molecule has 0 bridgehead atoms. The van der Waals surface area contributed by atoms with Crippen molar-refractivity contribution in [2.75, 3.05) is 6.54 Å². The molecule has 0 aliphatic rings. The lowest BCUT2D eigenvalue weighted by Crippen LogP contribution is -2.11. The second-order valence-electron chi connectivity index (χ2n) is 4.33. The average Bonchev–Trinajstić information content (AvgIpc) is 2.74. The first kappa shape index (κ1) is 10.4. The molecule has 2 nitrogen and oxygen atoms in total. The molecule has 0 unspecified atom stereocenters. The summed E-state index contributed by atoms with van der Waals surface area (Å²) >= 11 is 0. The van der Waals surface area contributed by atoms with E-state index < -0.39 is 0 Å². The van der Waals surface area contributed by atoms with Crippen LogP contribution in [0.3, 0.4) is 0 Å². The first-order valence-corrected chi connectivity index (χ1v) is 6.08. The predicted octanol–water partition coefficient (Wildman–Crippen LogP) is 3.43. The van der Waals surface area contributed by atoms with Crippen molar-refractivity contribution in [2.45, 2.75) is 13.5 Å². The van der Waals surface area contributed by atoms with Crippen molar-refractivity contribution < 1.29 is 0 Å². The van der Waals surface area contributed by atoms with E-state index in [1.54, 1.807) is 0 Å². The molecular weight excluding hydrogens is 208 g/mol. The zero-order chi connectivity index (χ0) is 11.7. The van der Waals surface area contributed by atoms with Crippen molar-refractivity contribution in [3.8, 4) is 0 Å². The Morgan fingerprint density at radius 2 is 1.82 bits per heavy atom. The minimum Gasteiger partial charge on any atom is -0.355 e. The molecule has 2 N–H and O–H groups in total. The van der Waals surface area contributed by atoms with Gasteiger partial charge in [0.25, 0.3) is 0 Å². The normalized spacial score (nSPS) is 11.4. The van der Waals surface area contributed by atoms with E-state index in [2.05, 4.69) is 59.7 Å². The minimum absolute atomic E-state index is 0.936. The van der Waals surface area contributed by atoms with E-state index in [0.717, 1.165) is 13.1 Å². The lowest BCUT2D eigenvalue weighted by molar-refractivity contribution is 0.727. The summed E-state index contributed by atoms with van der Waals surface area (Å²) in [6.45, 7) is 4.07. The standard InChI is InChI=1S/C15H16N2/c1-2-16-10-11-7-8-15-13(9-11)12-5-3-4-6-14(12)17-15/h3-9,16-17H,2,10H2,1H3. The molecule has 86 valence electrons. The molecule has 0 fully saturated rings. The molecule has 0 amide bonds. The van der Waals surface area contributed by atoms with E-state index in [1.807, 2.05) is 0 Å². The van der Waals surface area contributed by atoms with Crippen LogP contribution in [0.25, 0.3) is 21.8 Å². The summed E-state index contributed by atoms with van der Waals surface area (Å²) in [5.41, 5.74) is 3.76. The average molecular weight is 224 g/mol. The SMILES string of the molecule is CCNCc1ccc2[nH]c3ccccc3c2c1. The second-order valence-corrected chi connectivity index (χ2v) is 4.33. The Kier molecular flexibility index (Phi) is 2.57. The number of rotatable bonds is 3. The Morgan fingerprint density at radius 3 is 2.71 bits per heavy atom. The van der Waals surface area contributed by atoms with Gasteiger partial charge in [-0.3, -0.25) is 0 Å². The Balaban J connectivity index is 2.16. The fourth-order valence-electron chi connectivity index (χ4n) is 2.27. The molecule has 0 spiro atoms. The molecule has 3 rings (SSSR count). The van der Waals surface area contributed by atoms with Gasteiger partial charge in [-0.15, -0.1) is 0 Å². The Hall–Kier alpha value is -1.80. The quantitative estimate of drug-likeness (QED) is 0.701. The number of hydrogen-bond donors (Lipinski definition) is 2. The van der Waals surface area contributed by atoms with Gasteiger partial charge in [0.2, 0.25) is 0 Å². The molecule has 0 aliphatic carbocycles. The highest BCUT2D eigenvalue weighted by Gasteiger charge is 2.03. The molecule has 0 saturated carbocycles. The Labute approximate surface area is 101 Å². The van der Waals surface area contributed by atoms with Crippen LogP contribution in [0.4, 0.5) is 0 Å². The van der Waals surface area contributed by atoms with Crippen LogP contribution in [0.15, 0.2) is 42.5 Å². The smallest absolute Gasteiger partial charge is 0.0465 e. The predicted molar refractivity (Wildman–Crippen MR) is 73.2 cm³/mol. The third-order valence-electron chi connectivity index (χ3n) is 3.15. The van der Waals surface area contributed by atoms with Crippen molar-refractivity contribution in [3.05, 3.63) is 48.0 Å². The first-order chi connectivity index (χ1) is 8.38. The third kappa shape index (κ3) is 1.81. The van der Waals surface area contributed by atoms with Crippen molar-refractivity contribution in [3.63, 3.8) is 0 Å². The molecule has 3 aromatic rings. The maximum Gasteiger partial charge on any atom is 0.0465 e. The van der Waals surface area contributed by atoms with Crippen molar-refractivity contribution in [1.82, 2.24) is 10.3 Å².